The van der Waals surface area contributed by atoms with Gasteiger partial charge in [-0.1, -0.05) is 20.3 Å². The third-order valence-electron chi connectivity index (χ3n) is 2.75. The molecule has 17 heavy (non-hydrogen) atoms. The van der Waals surface area contributed by atoms with Gasteiger partial charge in [-0.25, -0.2) is 0 Å². The van der Waals surface area contributed by atoms with E-state index in [9.17, 15) is 9.59 Å². The van der Waals surface area contributed by atoms with Crippen molar-refractivity contribution in [3.8, 4) is 0 Å². The van der Waals surface area contributed by atoms with Crippen LogP contribution >= 0.6 is 0 Å². The van der Waals surface area contributed by atoms with E-state index in [0.29, 0.717) is 6.61 Å². The first kappa shape index (κ1) is 15.9. The zero-order valence-corrected chi connectivity index (χ0v) is 10.7. The van der Waals surface area contributed by atoms with Crippen molar-refractivity contribution in [1.29, 1.82) is 0 Å². The largest absolute Gasteiger partial charge is 0.480 e. The summed E-state index contributed by atoms with van der Waals surface area (Å²) in [5.74, 6) is -1.36. The molecule has 0 aromatic rings. The monoisotopic (exact) mass is 246 g/mol. The van der Waals surface area contributed by atoms with E-state index >= 15 is 0 Å². The molecule has 0 fully saturated rings. The number of nitrogens with zero attached hydrogens (tertiary/aromatic N) is 1. The zero-order chi connectivity index (χ0) is 13.4. The molecule has 0 aromatic heterocycles. The van der Waals surface area contributed by atoms with Gasteiger partial charge < -0.3 is 20.5 Å². The lowest BCUT2D eigenvalue weighted by Gasteiger charge is -2.26. The fraction of sp³-hybridized carbons (Fsp3) is 0.818. The van der Waals surface area contributed by atoms with Crippen LogP contribution in [0.1, 0.15) is 20.3 Å². The number of hydrogen-bond donors (Lipinski definition) is 2. The molecule has 0 radical (unpaired) electrons. The van der Waals surface area contributed by atoms with Crippen LogP contribution in [0.15, 0.2) is 0 Å². The summed E-state index contributed by atoms with van der Waals surface area (Å²) in [6.45, 7) is 4.01. The number of carboxylic acids is 1. The molecular formula is C11H22N2O4. The summed E-state index contributed by atoms with van der Waals surface area (Å²) in [5, 5.41) is 8.73. The smallest absolute Gasteiger partial charge is 0.323 e. The molecule has 0 spiro atoms. The Morgan fingerprint density at radius 3 is 2.47 bits per heavy atom. The Hall–Kier alpha value is -1.14. The molecular weight excluding hydrogens is 224 g/mol. The first-order valence-electron chi connectivity index (χ1n) is 5.69. The number of carbonyl (C=O) groups is 2. The molecule has 0 saturated heterocycles. The SMILES string of the molecule is CCC(C)C(N)C(=O)N(CCOC)CC(=O)O. The standard InChI is InChI=1S/C11H22N2O4/c1-4-8(2)10(12)11(16)13(5-6-17-3)7-9(14)15/h8,10H,4-7,12H2,1-3H3,(H,14,15). The second kappa shape index (κ2) is 8.03. The molecule has 0 saturated carbocycles. The fourth-order valence-corrected chi connectivity index (χ4v) is 1.34. The van der Waals surface area contributed by atoms with Crippen molar-refractivity contribution in [2.45, 2.75) is 26.3 Å². The molecule has 0 aliphatic rings. The number of aliphatic carboxylic acids is 1. The van der Waals surface area contributed by atoms with E-state index in [0.717, 1.165) is 6.42 Å². The average Bonchev–Trinajstić information content (AvgIpc) is 2.31. The highest BCUT2D eigenvalue weighted by atomic mass is 16.5. The maximum absolute atomic E-state index is 12.0. The van der Waals surface area contributed by atoms with E-state index < -0.39 is 12.0 Å². The summed E-state index contributed by atoms with van der Waals surface area (Å²) < 4.78 is 4.84. The summed E-state index contributed by atoms with van der Waals surface area (Å²) in [7, 11) is 1.50. The van der Waals surface area contributed by atoms with Crippen molar-refractivity contribution in [2.24, 2.45) is 11.7 Å². The van der Waals surface area contributed by atoms with Crippen molar-refractivity contribution in [3.63, 3.8) is 0 Å². The van der Waals surface area contributed by atoms with E-state index in [1.54, 1.807) is 0 Å². The maximum Gasteiger partial charge on any atom is 0.323 e. The van der Waals surface area contributed by atoms with Crippen LogP contribution in [-0.4, -0.2) is 54.7 Å². The van der Waals surface area contributed by atoms with Gasteiger partial charge in [0.2, 0.25) is 5.91 Å². The minimum absolute atomic E-state index is 0.0290. The predicted molar refractivity (Wildman–Crippen MR) is 63.5 cm³/mol. The Balaban J connectivity index is 4.54. The Kier molecular flexibility index (Phi) is 7.49. The molecule has 3 N–H and O–H groups in total. The minimum Gasteiger partial charge on any atom is -0.480 e. The molecule has 6 heteroatoms. The topological polar surface area (TPSA) is 92.9 Å². The van der Waals surface area contributed by atoms with Gasteiger partial charge >= 0.3 is 5.97 Å². The molecule has 0 aromatic carbocycles. The minimum atomic E-state index is -1.05. The van der Waals surface area contributed by atoms with Crippen LogP contribution < -0.4 is 5.73 Å². The molecule has 100 valence electrons. The van der Waals surface area contributed by atoms with Gasteiger partial charge in [0.15, 0.2) is 0 Å². The van der Waals surface area contributed by atoms with Crippen molar-refractivity contribution >= 4 is 11.9 Å². The number of rotatable bonds is 8. The van der Waals surface area contributed by atoms with E-state index in [2.05, 4.69) is 0 Å². The quantitative estimate of drug-likeness (QED) is 0.625. The van der Waals surface area contributed by atoms with Gasteiger partial charge in [0.25, 0.3) is 0 Å². The number of hydrogen-bond acceptors (Lipinski definition) is 4. The molecule has 6 nitrogen and oxygen atoms in total. The van der Waals surface area contributed by atoms with Crippen LogP contribution in [0, 0.1) is 5.92 Å². The Bertz CT molecular complexity index is 258. The van der Waals surface area contributed by atoms with Crippen LogP contribution in [0.2, 0.25) is 0 Å². The number of amides is 1. The van der Waals surface area contributed by atoms with Crippen LogP contribution in [0.3, 0.4) is 0 Å². The Labute approximate surface area is 102 Å². The van der Waals surface area contributed by atoms with E-state index in [1.807, 2.05) is 13.8 Å². The summed E-state index contributed by atoms with van der Waals surface area (Å²) in [5.41, 5.74) is 5.79. The van der Waals surface area contributed by atoms with Crippen molar-refractivity contribution in [3.05, 3.63) is 0 Å². The van der Waals surface area contributed by atoms with Crippen molar-refractivity contribution in [2.75, 3.05) is 26.8 Å². The molecule has 2 unspecified atom stereocenters. The lowest BCUT2D eigenvalue weighted by Crippen LogP contribution is -2.49. The second-order valence-corrected chi connectivity index (χ2v) is 4.06. The third kappa shape index (κ3) is 5.65. The zero-order valence-electron chi connectivity index (χ0n) is 10.7. The number of ether oxygens (including phenoxy) is 1. The van der Waals surface area contributed by atoms with Crippen LogP contribution in [0.5, 0.6) is 0 Å². The molecule has 0 heterocycles. The predicted octanol–water partition coefficient (Wildman–Crippen LogP) is -0.0806. The number of carboxylic acid groups (broad SMARTS) is 1. The average molecular weight is 246 g/mol. The first-order valence-corrected chi connectivity index (χ1v) is 5.69. The summed E-state index contributed by atoms with van der Waals surface area (Å²) in [6, 6.07) is -0.656. The van der Waals surface area contributed by atoms with Gasteiger partial charge in [0.05, 0.1) is 12.6 Å². The third-order valence-corrected chi connectivity index (χ3v) is 2.75. The summed E-state index contributed by atoms with van der Waals surface area (Å²) in [4.78, 5) is 23.9. The van der Waals surface area contributed by atoms with Gasteiger partial charge in [-0.2, -0.15) is 0 Å². The maximum atomic E-state index is 12.0. The Morgan fingerprint density at radius 2 is 2.06 bits per heavy atom. The molecule has 0 aliphatic carbocycles. The van der Waals surface area contributed by atoms with Gasteiger partial charge in [-0.05, 0) is 5.92 Å². The van der Waals surface area contributed by atoms with E-state index in [-0.39, 0.29) is 24.9 Å². The Morgan fingerprint density at radius 1 is 1.47 bits per heavy atom. The van der Waals surface area contributed by atoms with Crippen LogP contribution in [0.25, 0.3) is 0 Å². The molecule has 0 aliphatic heterocycles. The van der Waals surface area contributed by atoms with Gasteiger partial charge in [0, 0.05) is 13.7 Å². The lowest BCUT2D eigenvalue weighted by atomic mass is 9.99. The number of nitrogens with two attached hydrogens (primary N) is 1. The van der Waals surface area contributed by atoms with Crippen molar-refractivity contribution < 1.29 is 19.4 Å². The summed E-state index contributed by atoms with van der Waals surface area (Å²) >= 11 is 0. The molecule has 0 bridgehead atoms. The highest BCUT2D eigenvalue weighted by Crippen LogP contribution is 2.08. The van der Waals surface area contributed by atoms with Gasteiger partial charge in [-0.3, -0.25) is 9.59 Å². The lowest BCUT2D eigenvalue weighted by molar-refractivity contribution is -0.145. The highest BCUT2D eigenvalue weighted by molar-refractivity contribution is 5.85. The van der Waals surface area contributed by atoms with Gasteiger partial charge in [0.1, 0.15) is 6.54 Å². The summed E-state index contributed by atoms with van der Waals surface area (Å²) in [6.07, 6.45) is 0.776. The normalized spacial score (nSPS) is 14.1. The van der Waals surface area contributed by atoms with E-state index in [1.165, 1.54) is 12.0 Å². The van der Waals surface area contributed by atoms with Crippen molar-refractivity contribution in [1.82, 2.24) is 4.90 Å². The first-order chi connectivity index (χ1) is 7.93. The van der Waals surface area contributed by atoms with Gasteiger partial charge in [-0.15, -0.1) is 0 Å². The molecule has 1 amide bonds. The second-order valence-electron chi connectivity index (χ2n) is 4.06. The number of methoxy groups -OCH3 is 1. The fourth-order valence-electron chi connectivity index (χ4n) is 1.34. The van der Waals surface area contributed by atoms with E-state index in [4.69, 9.17) is 15.6 Å². The van der Waals surface area contributed by atoms with Crippen LogP contribution in [0.4, 0.5) is 0 Å². The number of carbonyl (C=O) groups excluding carboxylic acids is 1. The molecule has 2 atom stereocenters. The molecule has 0 rings (SSSR count). The van der Waals surface area contributed by atoms with Crippen LogP contribution in [-0.2, 0) is 14.3 Å². The highest BCUT2D eigenvalue weighted by Gasteiger charge is 2.26.